The highest BCUT2D eigenvalue weighted by Crippen LogP contribution is 2.28. The van der Waals surface area contributed by atoms with Crippen LogP contribution in [-0.2, 0) is 4.74 Å². The van der Waals surface area contributed by atoms with E-state index in [4.69, 9.17) is 9.15 Å². The van der Waals surface area contributed by atoms with Gasteiger partial charge in [0.05, 0.1) is 25.5 Å². The number of carbonyl (C=O) groups excluding carboxylic acids is 1. The molecule has 2 aliphatic rings. The standard InChI is InChI=1S/C19H30N4O4.HI/c1-2-20-19(21-12-16(24)14-26-13-15-5-6-15)23-9-7-22(8-10-23)18(25)17-4-3-11-27-17;/h3-4,11,15-16,24H,2,5-10,12-14H2,1H3,(H,20,21);1H. The number of hydrogen-bond acceptors (Lipinski definition) is 5. The fourth-order valence-corrected chi connectivity index (χ4v) is 3.00. The van der Waals surface area contributed by atoms with Gasteiger partial charge >= 0.3 is 0 Å². The molecule has 1 aliphatic carbocycles. The number of nitrogens with one attached hydrogen (secondary N) is 1. The first-order valence-corrected chi connectivity index (χ1v) is 9.79. The third kappa shape index (κ3) is 6.93. The van der Waals surface area contributed by atoms with E-state index in [0.29, 0.717) is 51.0 Å². The van der Waals surface area contributed by atoms with E-state index in [1.807, 2.05) is 6.92 Å². The van der Waals surface area contributed by atoms with Crippen molar-refractivity contribution in [3.05, 3.63) is 24.2 Å². The zero-order chi connectivity index (χ0) is 19.1. The smallest absolute Gasteiger partial charge is 0.289 e. The summed E-state index contributed by atoms with van der Waals surface area (Å²) in [4.78, 5) is 20.8. The van der Waals surface area contributed by atoms with Crippen molar-refractivity contribution in [2.45, 2.75) is 25.9 Å². The van der Waals surface area contributed by atoms with Crippen molar-refractivity contribution in [3.63, 3.8) is 0 Å². The van der Waals surface area contributed by atoms with Gasteiger partial charge < -0.3 is 29.4 Å². The van der Waals surface area contributed by atoms with Gasteiger partial charge in [-0.3, -0.25) is 9.79 Å². The lowest BCUT2D eigenvalue weighted by Crippen LogP contribution is -2.54. The van der Waals surface area contributed by atoms with Crippen LogP contribution in [0.15, 0.2) is 27.8 Å². The molecule has 1 aliphatic heterocycles. The maximum atomic E-state index is 12.4. The third-order valence-corrected chi connectivity index (χ3v) is 4.75. The van der Waals surface area contributed by atoms with E-state index >= 15 is 0 Å². The summed E-state index contributed by atoms with van der Waals surface area (Å²) in [5.41, 5.74) is 0. The lowest BCUT2D eigenvalue weighted by molar-refractivity contribution is 0.0367. The molecule has 1 aromatic rings. The molecule has 2 fully saturated rings. The number of amides is 1. The van der Waals surface area contributed by atoms with E-state index in [-0.39, 0.29) is 29.9 Å². The highest BCUT2D eigenvalue weighted by molar-refractivity contribution is 14.0. The molecule has 0 radical (unpaired) electrons. The van der Waals surface area contributed by atoms with Crippen LogP contribution in [0, 0.1) is 5.92 Å². The molecule has 158 valence electrons. The number of furan rings is 1. The highest BCUT2D eigenvalue weighted by Gasteiger charge is 2.25. The summed E-state index contributed by atoms with van der Waals surface area (Å²) in [6.45, 7) is 6.73. The molecule has 3 rings (SSSR count). The molecule has 2 N–H and O–H groups in total. The summed E-state index contributed by atoms with van der Waals surface area (Å²) in [5.74, 6) is 1.75. The minimum Gasteiger partial charge on any atom is -0.459 e. The number of aliphatic imine (C=N–C) groups is 1. The Morgan fingerprint density at radius 1 is 1.36 bits per heavy atom. The van der Waals surface area contributed by atoms with E-state index in [0.717, 1.165) is 19.1 Å². The number of halogens is 1. The Balaban J connectivity index is 0.00000280. The highest BCUT2D eigenvalue weighted by atomic mass is 127. The molecular formula is C19H31IN4O4. The molecule has 1 saturated carbocycles. The Kier molecular flexibility index (Phi) is 9.52. The number of aliphatic hydroxyl groups is 1. The second kappa shape index (κ2) is 11.6. The largest absolute Gasteiger partial charge is 0.459 e. The predicted molar refractivity (Wildman–Crippen MR) is 117 cm³/mol. The Morgan fingerprint density at radius 3 is 2.68 bits per heavy atom. The first-order valence-electron chi connectivity index (χ1n) is 9.79. The zero-order valence-electron chi connectivity index (χ0n) is 16.4. The number of piperazine rings is 1. The summed E-state index contributed by atoms with van der Waals surface area (Å²) in [6, 6.07) is 3.41. The minimum absolute atomic E-state index is 0. The summed E-state index contributed by atoms with van der Waals surface area (Å²) < 4.78 is 10.7. The van der Waals surface area contributed by atoms with E-state index in [1.54, 1.807) is 17.0 Å². The van der Waals surface area contributed by atoms with Crippen LogP contribution in [0.5, 0.6) is 0 Å². The van der Waals surface area contributed by atoms with E-state index < -0.39 is 6.10 Å². The fourth-order valence-electron chi connectivity index (χ4n) is 3.00. The molecular weight excluding hydrogens is 475 g/mol. The molecule has 0 bridgehead atoms. The van der Waals surface area contributed by atoms with Crippen molar-refractivity contribution in [2.24, 2.45) is 10.9 Å². The molecule has 8 nitrogen and oxygen atoms in total. The van der Waals surface area contributed by atoms with Crippen LogP contribution in [0.4, 0.5) is 0 Å². The maximum Gasteiger partial charge on any atom is 0.289 e. The van der Waals surface area contributed by atoms with Crippen molar-refractivity contribution in [1.29, 1.82) is 0 Å². The van der Waals surface area contributed by atoms with Gasteiger partial charge in [0.1, 0.15) is 0 Å². The molecule has 1 atom stereocenters. The number of ether oxygens (including phenoxy) is 1. The van der Waals surface area contributed by atoms with Gasteiger partial charge in [0.25, 0.3) is 5.91 Å². The number of guanidine groups is 1. The zero-order valence-corrected chi connectivity index (χ0v) is 18.7. The molecule has 9 heteroatoms. The van der Waals surface area contributed by atoms with Gasteiger partial charge in [-0.2, -0.15) is 0 Å². The first kappa shape index (κ1) is 23.0. The lowest BCUT2D eigenvalue weighted by Gasteiger charge is -2.36. The van der Waals surface area contributed by atoms with Crippen LogP contribution in [-0.4, -0.2) is 85.4 Å². The van der Waals surface area contributed by atoms with Crippen molar-refractivity contribution in [3.8, 4) is 0 Å². The monoisotopic (exact) mass is 506 g/mol. The Bertz CT molecular complexity index is 613. The summed E-state index contributed by atoms with van der Waals surface area (Å²) in [5, 5.41) is 13.3. The van der Waals surface area contributed by atoms with Gasteiger partial charge in [-0.15, -0.1) is 24.0 Å². The van der Waals surface area contributed by atoms with Crippen LogP contribution in [0.2, 0.25) is 0 Å². The van der Waals surface area contributed by atoms with Crippen molar-refractivity contribution in [1.82, 2.24) is 15.1 Å². The second-order valence-electron chi connectivity index (χ2n) is 7.09. The molecule has 0 aromatic carbocycles. The molecule has 1 aromatic heterocycles. The normalized spacial score (nSPS) is 18.6. The maximum absolute atomic E-state index is 12.4. The predicted octanol–water partition coefficient (Wildman–Crippen LogP) is 1.41. The Morgan fingerprint density at radius 2 is 2.07 bits per heavy atom. The van der Waals surface area contributed by atoms with Gasteiger partial charge in [-0.25, -0.2) is 0 Å². The number of aliphatic hydroxyl groups excluding tert-OH is 1. The molecule has 2 heterocycles. The molecule has 0 spiro atoms. The minimum atomic E-state index is -0.598. The third-order valence-electron chi connectivity index (χ3n) is 4.75. The molecule has 1 unspecified atom stereocenters. The number of carbonyl (C=O) groups is 1. The fraction of sp³-hybridized carbons (Fsp3) is 0.684. The van der Waals surface area contributed by atoms with Gasteiger partial charge in [0.2, 0.25) is 0 Å². The van der Waals surface area contributed by atoms with Crippen molar-refractivity contribution >= 4 is 35.8 Å². The summed E-state index contributed by atoms with van der Waals surface area (Å²) in [6.07, 6.45) is 3.40. The van der Waals surface area contributed by atoms with E-state index in [2.05, 4.69) is 15.2 Å². The van der Waals surface area contributed by atoms with Gasteiger partial charge in [0, 0.05) is 39.3 Å². The second-order valence-corrected chi connectivity index (χ2v) is 7.09. The summed E-state index contributed by atoms with van der Waals surface area (Å²) in [7, 11) is 0. The number of nitrogens with zero attached hydrogens (tertiary/aromatic N) is 3. The average Bonchev–Trinajstić information content (AvgIpc) is 3.34. The van der Waals surface area contributed by atoms with E-state index in [9.17, 15) is 9.90 Å². The van der Waals surface area contributed by atoms with E-state index in [1.165, 1.54) is 19.1 Å². The molecule has 1 saturated heterocycles. The van der Waals surface area contributed by atoms with Crippen molar-refractivity contribution in [2.75, 3.05) is 52.5 Å². The van der Waals surface area contributed by atoms with Crippen LogP contribution in [0.3, 0.4) is 0 Å². The van der Waals surface area contributed by atoms with Crippen LogP contribution < -0.4 is 5.32 Å². The molecule has 28 heavy (non-hydrogen) atoms. The average molecular weight is 506 g/mol. The molecule has 1 amide bonds. The van der Waals surface area contributed by atoms with Crippen LogP contribution in [0.25, 0.3) is 0 Å². The van der Waals surface area contributed by atoms with Crippen LogP contribution >= 0.6 is 24.0 Å². The number of rotatable bonds is 8. The Hall–Kier alpha value is -1.33. The van der Waals surface area contributed by atoms with Crippen molar-refractivity contribution < 1.29 is 19.1 Å². The Labute approximate surface area is 183 Å². The lowest BCUT2D eigenvalue weighted by atomic mass is 10.3. The SMILES string of the molecule is CCNC(=NCC(O)COCC1CC1)N1CCN(C(=O)c2ccco2)CC1.I. The van der Waals surface area contributed by atoms with Crippen LogP contribution in [0.1, 0.15) is 30.3 Å². The van der Waals surface area contributed by atoms with Gasteiger partial charge in [-0.05, 0) is 37.8 Å². The van der Waals surface area contributed by atoms with Gasteiger partial charge in [-0.1, -0.05) is 0 Å². The quantitative estimate of drug-likeness (QED) is 0.315. The number of hydrogen-bond donors (Lipinski definition) is 2. The first-order chi connectivity index (χ1) is 13.2. The van der Waals surface area contributed by atoms with Gasteiger partial charge in [0.15, 0.2) is 11.7 Å². The topological polar surface area (TPSA) is 90.5 Å². The summed E-state index contributed by atoms with van der Waals surface area (Å²) >= 11 is 0.